The van der Waals surface area contributed by atoms with Crippen LogP contribution in [0.3, 0.4) is 0 Å². The van der Waals surface area contributed by atoms with Crippen molar-refractivity contribution < 1.29 is 39.6 Å². The molecule has 0 unspecified atom stereocenters. The van der Waals surface area contributed by atoms with E-state index in [1.807, 2.05) is 30.3 Å². The van der Waals surface area contributed by atoms with E-state index in [4.69, 9.17) is 5.73 Å². The summed E-state index contributed by atoms with van der Waals surface area (Å²) in [5.74, 6) is -6.73. The third-order valence-electron chi connectivity index (χ3n) is 7.97. The van der Waals surface area contributed by atoms with Crippen molar-refractivity contribution in [3.05, 3.63) is 70.0 Å². The number of aryl methyl sites for hydroxylation is 1. The van der Waals surface area contributed by atoms with E-state index in [0.717, 1.165) is 5.56 Å². The predicted molar refractivity (Wildman–Crippen MR) is 136 cm³/mol. The average molecular weight is 518 g/mol. The largest absolute Gasteiger partial charge is 0.508 e. The predicted octanol–water partition coefficient (Wildman–Crippen LogP) is 2.61. The van der Waals surface area contributed by atoms with Gasteiger partial charge in [-0.2, -0.15) is 0 Å². The van der Waals surface area contributed by atoms with E-state index in [0.29, 0.717) is 16.7 Å². The van der Waals surface area contributed by atoms with Gasteiger partial charge in [0, 0.05) is 24.3 Å². The number of aliphatic hydroxyl groups excluding tert-OH is 2. The summed E-state index contributed by atoms with van der Waals surface area (Å²) in [6, 6.07) is 11.1. The number of ketones is 3. The lowest BCUT2D eigenvalue weighted by atomic mass is 9.59. The van der Waals surface area contributed by atoms with Gasteiger partial charge in [0.15, 0.2) is 11.4 Å². The van der Waals surface area contributed by atoms with Crippen LogP contribution in [0.25, 0.3) is 16.9 Å². The Hall–Kier alpha value is -4.24. The summed E-state index contributed by atoms with van der Waals surface area (Å²) in [6.45, 7) is 1.44. The van der Waals surface area contributed by atoms with Gasteiger partial charge in [0.2, 0.25) is 5.78 Å². The van der Waals surface area contributed by atoms with E-state index >= 15 is 0 Å². The van der Waals surface area contributed by atoms with E-state index in [2.05, 4.69) is 0 Å². The number of carbonyl (C=O) groups excluding carboxylic acids is 4. The molecule has 38 heavy (non-hydrogen) atoms. The zero-order valence-electron chi connectivity index (χ0n) is 20.7. The Morgan fingerprint density at radius 2 is 1.76 bits per heavy atom. The van der Waals surface area contributed by atoms with Crippen molar-refractivity contribution in [1.82, 2.24) is 0 Å². The van der Waals surface area contributed by atoms with Gasteiger partial charge in [-0.1, -0.05) is 30.3 Å². The molecule has 1 saturated carbocycles. The lowest BCUT2D eigenvalue weighted by molar-refractivity contribution is -0.147. The summed E-state index contributed by atoms with van der Waals surface area (Å²) in [5, 5.41) is 44.8. The third-order valence-corrected chi connectivity index (χ3v) is 7.97. The van der Waals surface area contributed by atoms with Crippen LogP contribution in [-0.4, -0.2) is 49.3 Å². The smallest absolute Gasteiger partial charge is 0.255 e. The van der Waals surface area contributed by atoms with Gasteiger partial charge in [-0.3, -0.25) is 14.4 Å². The fourth-order valence-electron chi connectivity index (χ4n) is 6.12. The molecule has 3 aliphatic rings. The molecule has 0 aliphatic heterocycles. The Balaban J connectivity index is 1.74. The van der Waals surface area contributed by atoms with Crippen LogP contribution in [0.2, 0.25) is 0 Å². The number of nitrogens with two attached hydrogens (primary N) is 1. The summed E-state index contributed by atoms with van der Waals surface area (Å²) in [4.78, 5) is 49.8. The van der Waals surface area contributed by atoms with Crippen LogP contribution in [0, 0.1) is 11.8 Å². The quantitative estimate of drug-likeness (QED) is 0.376. The summed E-state index contributed by atoms with van der Waals surface area (Å²) < 4.78 is 0. The van der Waals surface area contributed by atoms with Gasteiger partial charge in [-0.15, -0.1) is 0 Å². The minimum Gasteiger partial charge on any atom is -0.508 e. The van der Waals surface area contributed by atoms with Crippen LogP contribution < -0.4 is 5.73 Å². The number of amides is 1. The monoisotopic (exact) mass is 517 g/mol. The maximum absolute atomic E-state index is 13.7. The van der Waals surface area contributed by atoms with Gasteiger partial charge in [0.25, 0.3) is 5.91 Å². The van der Waals surface area contributed by atoms with Crippen LogP contribution in [0.5, 0.6) is 5.75 Å². The lowest BCUT2D eigenvalue weighted by Crippen LogP contribution is -2.58. The van der Waals surface area contributed by atoms with Crippen molar-refractivity contribution in [1.29, 1.82) is 0 Å². The number of carbonyl (C=O) groups is 4. The summed E-state index contributed by atoms with van der Waals surface area (Å²) >= 11 is 0. The van der Waals surface area contributed by atoms with E-state index < -0.39 is 52.0 Å². The van der Waals surface area contributed by atoms with E-state index in [-0.39, 0.29) is 54.8 Å². The number of primary amides is 1. The molecule has 0 spiro atoms. The number of aromatic hydroxyl groups is 1. The highest BCUT2D eigenvalue weighted by Crippen LogP contribution is 2.53. The SMILES string of the molecule is CC(=O)CCc1cc(-c2ccccc2)c2c(c1O)C(O)=C1C(=O)[C@]3(O)C(O)=C(C(N)=O)C(=O)C[C@@H]3C[C@@H]1C2. The number of benzene rings is 2. The van der Waals surface area contributed by atoms with Crippen molar-refractivity contribution in [3.8, 4) is 16.9 Å². The fourth-order valence-corrected chi connectivity index (χ4v) is 6.12. The van der Waals surface area contributed by atoms with Crippen LogP contribution in [0.15, 0.2) is 53.3 Å². The topological polar surface area (TPSA) is 175 Å². The second kappa shape index (κ2) is 8.95. The number of hydrogen-bond acceptors (Lipinski definition) is 8. The average Bonchev–Trinajstić information content (AvgIpc) is 2.86. The number of hydrogen-bond donors (Lipinski definition) is 5. The highest BCUT2D eigenvalue weighted by atomic mass is 16.3. The molecule has 9 nitrogen and oxygen atoms in total. The number of fused-ring (bicyclic) bond motifs is 3. The Morgan fingerprint density at radius 3 is 2.39 bits per heavy atom. The normalized spacial score (nSPS) is 24.6. The fraction of sp³-hybridized carbons (Fsp3) is 0.310. The molecule has 9 heteroatoms. The highest BCUT2D eigenvalue weighted by Gasteiger charge is 2.60. The molecule has 1 fully saturated rings. The molecule has 3 atom stereocenters. The van der Waals surface area contributed by atoms with Gasteiger partial charge in [-0.05, 0) is 60.4 Å². The molecule has 5 rings (SSSR count). The first-order valence-electron chi connectivity index (χ1n) is 12.4. The van der Waals surface area contributed by atoms with Crippen LogP contribution >= 0.6 is 0 Å². The van der Waals surface area contributed by atoms with Gasteiger partial charge in [0.05, 0.1) is 5.56 Å². The Labute approximate surface area is 217 Å². The molecule has 0 heterocycles. The van der Waals surface area contributed by atoms with Crippen molar-refractivity contribution in [2.24, 2.45) is 17.6 Å². The first kappa shape index (κ1) is 25.4. The number of aliphatic hydroxyl groups is 3. The van der Waals surface area contributed by atoms with Crippen LogP contribution in [0.1, 0.15) is 42.9 Å². The van der Waals surface area contributed by atoms with Crippen LogP contribution in [-0.2, 0) is 32.0 Å². The molecule has 0 saturated heterocycles. The Kier molecular flexibility index (Phi) is 5.99. The first-order valence-corrected chi connectivity index (χ1v) is 12.4. The van der Waals surface area contributed by atoms with Crippen LogP contribution in [0.4, 0.5) is 0 Å². The van der Waals surface area contributed by atoms with Crippen molar-refractivity contribution >= 4 is 29.0 Å². The molecule has 1 amide bonds. The molecule has 2 aromatic rings. The molecule has 0 bridgehead atoms. The molecular weight excluding hydrogens is 490 g/mol. The van der Waals surface area contributed by atoms with E-state index in [1.165, 1.54) is 6.92 Å². The maximum atomic E-state index is 13.7. The van der Waals surface area contributed by atoms with Gasteiger partial charge in [-0.25, -0.2) is 0 Å². The minimum absolute atomic E-state index is 0.0250. The molecule has 2 aromatic carbocycles. The summed E-state index contributed by atoms with van der Waals surface area (Å²) in [5.41, 5.74) is 4.15. The van der Waals surface area contributed by atoms with Gasteiger partial charge in [0.1, 0.15) is 28.6 Å². The lowest BCUT2D eigenvalue weighted by Gasteiger charge is -2.46. The van der Waals surface area contributed by atoms with Gasteiger partial charge < -0.3 is 31.0 Å². The number of Topliss-reactive ketones (excluding diaryl/α,β-unsaturated/α-hetero) is 3. The zero-order chi connectivity index (χ0) is 27.5. The zero-order valence-corrected chi connectivity index (χ0v) is 20.7. The second-order valence-corrected chi connectivity index (χ2v) is 10.3. The number of phenols is 1. The minimum atomic E-state index is -2.61. The Bertz CT molecular complexity index is 1490. The maximum Gasteiger partial charge on any atom is 0.255 e. The van der Waals surface area contributed by atoms with Crippen molar-refractivity contribution in [2.75, 3.05) is 0 Å². The second-order valence-electron chi connectivity index (χ2n) is 10.3. The highest BCUT2D eigenvalue weighted by molar-refractivity contribution is 6.22. The first-order chi connectivity index (χ1) is 18.0. The molecule has 0 radical (unpaired) electrons. The molecular formula is C29H27NO8. The number of rotatable bonds is 5. The Morgan fingerprint density at radius 1 is 1.08 bits per heavy atom. The molecule has 6 N–H and O–H groups in total. The standard InChI is InChI=1S/C29H27NO8/c1-13(31)7-8-15-10-18(14-5-3-2-4-6-14)19-11-16-9-17-12-20(32)23(28(30)37)27(36)29(17,38)26(35)21(16)25(34)22(19)24(15)33/h2-6,10,16-17,33-34,36,38H,7-9,11-12H2,1H3,(H2,30,37)/t16-,17+,29+/m1/s1. The van der Waals surface area contributed by atoms with Gasteiger partial charge >= 0.3 is 0 Å². The number of phenolic OH excluding ortho intramolecular Hbond substituents is 1. The van der Waals surface area contributed by atoms with E-state index in [9.17, 15) is 39.6 Å². The van der Waals surface area contributed by atoms with Crippen molar-refractivity contribution in [2.45, 2.75) is 44.6 Å². The van der Waals surface area contributed by atoms with E-state index in [1.54, 1.807) is 6.07 Å². The van der Waals surface area contributed by atoms with Crippen molar-refractivity contribution in [3.63, 3.8) is 0 Å². The third kappa shape index (κ3) is 3.65. The molecule has 196 valence electrons. The summed E-state index contributed by atoms with van der Waals surface area (Å²) in [6.07, 6.45) is 0.253. The summed E-state index contributed by atoms with van der Waals surface area (Å²) in [7, 11) is 0. The molecule has 0 aromatic heterocycles. The molecule has 3 aliphatic carbocycles.